The van der Waals surface area contributed by atoms with Crippen LogP contribution in [0.3, 0.4) is 0 Å². The normalized spacial score (nSPS) is 22.0. The third-order valence-corrected chi connectivity index (χ3v) is 5.81. The van der Waals surface area contributed by atoms with Crippen molar-refractivity contribution in [2.75, 3.05) is 37.6 Å². The molecule has 0 radical (unpaired) electrons. The summed E-state index contributed by atoms with van der Waals surface area (Å²) in [5.41, 5.74) is 8.51. The van der Waals surface area contributed by atoms with E-state index in [0.29, 0.717) is 39.3 Å². The fourth-order valence-electron chi connectivity index (χ4n) is 4.16. The molecular formula is C23H28N4O5. The van der Waals surface area contributed by atoms with Gasteiger partial charge in [-0.3, -0.25) is 14.7 Å². The minimum atomic E-state index is -1.30. The standard InChI is InChI=1S/C23H28N4O5/c24-12-17-6-8-19(9-7-17)27-15-20(31-22(27)28)14-25-10-11-26(21(16-25)32-23(29)30)13-18-4-2-1-3-5-18/h1-9,20-21H,10-16,24H2,(H,29,30). The molecule has 9 heteroatoms. The van der Waals surface area contributed by atoms with Crippen LogP contribution in [0.1, 0.15) is 11.1 Å². The lowest BCUT2D eigenvalue weighted by Crippen LogP contribution is -2.55. The first-order valence-electron chi connectivity index (χ1n) is 10.7. The third-order valence-electron chi connectivity index (χ3n) is 5.81. The van der Waals surface area contributed by atoms with Crippen LogP contribution in [0.2, 0.25) is 0 Å². The summed E-state index contributed by atoms with van der Waals surface area (Å²) in [6.07, 6.45) is -2.56. The number of rotatable bonds is 7. The quantitative estimate of drug-likeness (QED) is 0.632. The number of anilines is 1. The van der Waals surface area contributed by atoms with E-state index >= 15 is 0 Å². The number of amides is 1. The Labute approximate surface area is 186 Å². The van der Waals surface area contributed by atoms with Crippen molar-refractivity contribution in [2.45, 2.75) is 25.4 Å². The molecule has 0 spiro atoms. The predicted octanol–water partition coefficient (Wildman–Crippen LogP) is 2.31. The Morgan fingerprint density at radius 2 is 1.81 bits per heavy atom. The minimum absolute atomic E-state index is 0.303. The molecule has 0 aromatic heterocycles. The molecule has 4 rings (SSSR count). The number of cyclic esters (lactones) is 1. The minimum Gasteiger partial charge on any atom is -0.450 e. The van der Waals surface area contributed by atoms with Gasteiger partial charge in [0.25, 0.3) is 0 Å². The molecule has 2 atom stereocenters. The summed E-state index contributed by atoms with van der Waals surface area (Å²) in [7, 11) is 0. The molecule has 2 aliphatic heterocycles. The van der Waals surface area contributed by atoms with Crippen molar-refractivity contribution in [3.05, 3.63) is 65.7 Å². The average molecular weight is 441 g/mol. The number of carbonyl (C=O) groups excluding carboxylic acids is 1. The topological polar surface area (TPSA) is 109 Å². The second-order valence-electron chi connectivity index (χ2n) is 8.04. The summed E-state index contributed by atoms with van der Waals surface area (Å²) in [6, 6.07) is 17.4. The van der Waals surface area contributed by atoms with Crippen LogP contribution in [-0.4, -0.2) is 72.2 Å². The number of carboxylic acid groups (broad SMARTS) is 1. The second kappa shape index (κ2) is 9.99. The summed E-state index contributed by atoms with van der Waals surface area (Å²) < 4.78 is 10.8. The number of hydrogen-bond acceptors (Lipinski definition) is 7. The summed E-state index contributed by atoms with van der Waals surface area (Å²) in [5.74, 6) is 0. The fourth-order valence-corrected chi connectivity index (χ4v) is 4.16. The Kier molecular flexibility index (Phi) is 6.89. The van der Waals surface area contributed by atoms with Crippen LogP contribution < -0.4 is 10.6 Å². The first-order chi connectivity index (χ1) is 15.5. The summed E-state index contributed by atoms with van der Waals surface area (Å²) in [4.78, 5) is 29.4. The number of nitrogens with two attached hydrogens (primary N) is 1. The summed E-state index contributed by atoms with van der Waals surface area (Å²) in [5, 5.41) is 9.20. The van der Waals surface area contributed by atoms with Crippen molar-refractivity contribution in [3.63, 3.8) is 0 Å². The average Bonchev–Trinajstić information content (AvgIpc) is 3.16. The SMILES string of the molecule is NCc1ccc(N2CC(CN3CCN(Cc4ccccc4)C(OC(=O)O)C3)OC2=O)cc1. The molecule has 0 bridgehead atoms. The zero-order chi connectivity index (χ0) is 22.5. The van der Waals surface area contributed by atoms with Crippen molar-refractivity contribution < 1.29 is 24.2 Å². The van der Waals surface area contributed by atoms with E-state index in [1.165, 1.54) is 0 Å². The summed E-state index contributed by atoms with van der Waals surface area (Å²) >= 11 is 0. The van der Waals surface area contributed by atoms with Crippen molar-refractivity contribution in [1.82, 2.24) is 9.80 Å². The van der Waals surface area contributed by atoms with E-state index in [0.717, 1.165) is 23.4 Å². The van der Waals surface area contributed by atoms with Crippen LogP contribution in [0.5, 0.6) is 0 Å². The molecule has 1 amide bonds. The number of piperazine rings is 1. The Morgan fingerprint density at radius 3 is 2.50 bits per heavy atom. The third kappa shape index (κ3) is 5.37. The molecule has 0 aliphatic carbocycles. The van der Waals surface area contributed by atoms with Gasteiger partial charge < -0.3 is 20.3 Å². The maximum absolute atomic E-state index is 12.4. The molecule has 170 valence electrons. The van der Waals surface area contributed by atoms with Gasteiger partial charge in [0.1, 0.15) is 6.10 Å². The fraction of sp³-hybridized carbons (Fsp3) is 0.391. The lowest BCUT2D eigenvalue weighted by molar-refractivity contribution is -0.0858. The lowest BCUT2D eigenvalue weighted by atomic mass is 10.1. The van der Waals surface area contributed by atoms with Gasteiger partial charge in [-0.05, 0) is 23.3 Å². The van der Waals surface area contributed by atoms with E-state index in [1.807, 2.05) is 59.5 Å². The summed E-state index contributed by atoms with van der Waals surface area (Å²) in [6.45, 7) is 3.81. The number of hydrogen-bond donors (Lipinski definition) is 2. The van der Waals surface area contributed by atoms with Crippen molar-refractivity contribution >= 4 is 17.9 Å². The van der Waals surface area contributed by atoms with Gasteiger partial charge in [-0.25, -0.2) is 9.59 Å². The van der Waals surface area contributed by atoms with Gasteiger partial charge >= 0.3 is 12.2 Å². The molecule has 2 unspecified atom stereocenters. The Morgan fingerprint density at radius 1 is 1.06 bits per heavy atom. The maximum Gasteiger partial charge on any atom is 0.507 e. The van der Waals surface area contributed by atoms with E-state index < -0.39 is 12.4 Å². The molecule has 2 aliphatic rings. The Balaban J connectivity index is 1.36. The number of carbonyl (C=O) groups is 2. The molecule has 3 N–H and O–H groups in total. The van der Waals surface area contributed by atoms with E-state index in [-0.39, 0.29) is 12.2 Å². The van der Waals surface area contributed by atoms with Gasteiger partial charge in [0.2, 0.25) is 0 Å². The van der Waals surface area contributed by atoms with E-state index in [4.69, 9.17) is 15.2 Å². The zero-order valence-electron chi connectivity index (χ0n) is 17.8. The Bertz CT molecular complexity index is 924. The molecule has 32 heavy (non-hydrogen) atoms. The zero-order valence-corrected chi connectivity index (χ0v) is 17.8. The highest BCUT2D eigenvalue weighted by molar-refractivity contribution is 5.89. The smallest absolute Gasteiger partial charge is 0.450 e. The van der Waals surface area contributed by atoms with Gasteiger partial charge in [-0.1, -0.05) is 42.5 Å². The van der Waals surface area contributed by atoms with Crippen LogP contribution in [0.15, 0.2) is 54.6 Å². The predicted molar refractivity (Wildman–Crippen MR) is 118 cm³/mol. The van der Waals surface area contributed by atoms with Gasteiger partial charge in [-0.2, -0.15) is 0 Å². The van der Waals surface area contributed by atoms with E-state index in [2.05, 4.69) is 4.90 Å². The number of nitrogens with zero attached hydrogens (tertiary/aromatic N) is 3. The van der Waals surface area contributed by atoms with Crippen LogP contribution in [-0.2, 0) is 22.6 Å². The molecule has 2 saturated heterocycles. The first kappa shape index (κ1) is 22.1. The first-order valence-corrected chi connectivity index (χ1v) is 10.7. The van der Waals surface area contributed by atoms with Crippen LogP contribution in [0.4, 0.5) is 15.3 Å². The van der Waals surface area contributed by atoms with Crippen LogP contribution in [0, 0.1) is 0 Å². The van der Waals surface area contributed by atoms with E-state index in [1.54, 1.807) is 4.90 Å². The van der Waals surface area contributed by atoms with Crippen molar-refractivity contribution in [2.24, 2.45) is 5.73 Å². The number of ether oxygens (including phenoxy) is 2. The van der Waals surface area contributed by atoms with Crippen molar-refractivity contribution in [1.29, 1.82) is 0 Å². The molecular weight excluding hydrogens is 412 g/mol. The molecule has 0 saturated carbocycles. The second-order valence-corrected chi connectivity index (χ2v) is 8.04. The highest BCUT2D eigenvalue weighted by atomic mass is 16.7. The molecule has 2 heterocycles. The van der Waals surface area contributed by atoms with Gasteiger partial charge in [0.05, 0.1) is 6.54 Å². The van der Waals surface area contributed by atoms with Gasteiger partial charge in [0, 0.05) is 45.0 Å². The number of benzene rings is 2. The monoisotopic (exact) mass is 440 g/mol. The van der Waals surface area contributed by atoms with Gasteiger partial charge in [-0.15, -0.1) is 0 Å². The molecule has 2 fully saturated rings. The largest absolute Gasteiger partial charge is 0.507 e. The van der Waals surface area contributed by atoms with E-state index in [9.17, 15) is 14.7 Å². The van der Waals surface area contributed by atoms with Gasteiger partial charge in [0.15, 0.2) is 6.23 Å². The maximum atomic E-state index is 12.4. The van der Waals surface area contributed by atoms with Crippen LogP contribution >= 0.6 is 0 Å². The highest BCUT2D eigenvalue weighted by Crippen LogP contribution is 2.24. The lowest BCUT2D eigenvalue weighted by Gasteiger charge is -2.40. The van der Waals surface area contributed by atoms with Crippen LogP contribution in [0.25, 0.3) is 0 Å². The molecule has 2 aromatic carbocycles. The Hall–Kier alpha value is -3.14. The molecule has 2 aromatic rings. The molecule has 9 nitrogen and oxygen atoms in total. The van der Waals surface area contributed by atoms with Crippen molar-refractivity contribution in [3.8, 4) is 0 Å². The highest BCUT2D eigenvalue weighted by Gasteiger charge is 2.36.